The minimum absolute atomic E-state index is 0. The van der Waals surface area contributed by atoms with Crippen LogP contribution in [0.2, 0.25) is 0 Å². The number of aryl methyl sites for hydroxylation is 1. The van der Waals surface area contributed by atoms with Gasteiger partial charge in [0.25, 0.3) is 0 Å². The molecule has 1 saturated heterocycles. The Kier molecular flexibility index (Phi) is 4.70. The predicted octanol–water partition coefficient (Wildman–Crippen LogP) is 1.28. The first-order valence-electron chi connectivity index (χ1n) is 5.46. The number of halogens is 1. The molecule has 2 rings (SSSR count). The number of hydrogen-bond acceptors (Lipinski definition) is 5. The lowest BCUT2D eigenvalue weighted by molar-refractivity contribution is 0.232. The summed E-state index contributed by atoms with van der Waals surface area (Å²) in [5, 5.41) is 3.99. The molecule has 16 heavy (non-hydrogen) atoms. The Bertz CT molecular complexity index is 328. The Morgan fingerprint density at radius 1 is 1.62 bits per heavy atom. The van der Waals surface area contributed by atoms with Gasteiger partial charge in [-0.2, -0.15) is 4.98 Å². The second-order valence-electron chi connectivity index (χ2n) is 4.30. The van der Waals surface area contributed by atoms with Crippen molar-refractivity contribution < 1.29 is 4.52 Å². The lowest BCUT2D eigenvalue weighted by Crippen LogP contribution is -2.35. The summed E-state index contributed by atoms with van der Waals surface area (Å²) in [5.41, 5.74) is 5.81. The molecule has 1 aromatic heterocycles. The van der Waals surface area contributed by atoms with E-state index in [0.717, 1.165) is 25.3 Å². The highest BCUT2D eigenvalue weighted by molar-refractivity contribution is 5.85. The van der Waals surface area contributed by atoms with Crippen molar-refractivity contribution in [2.45, 2.75) is 38.8 Å². The monoisotopic (exact) mass is 246 g/mol. The van der Waals surface area contributed by atoms with E-state index in [1.54, 1.807) is 0 Å². The standard InChI is InChI=1S/C10H18N4O.ClH/c1-7(11)6-14-5-3-4-9(14)10-12-8(2)15-13-10;/h7,9H,3-6,11H2,1-2H3;1H. The van der Waals surface area contributed by atoms with Gasteiger partial charge in [0.15, 0.2) is 5.82 Å². The summed E-state index contributed by atoms with van der Waals surface area (Å²) < 4.78 is 5.01. The second-order valence-corrected chi connectivity index (χ2v) is 4.30. The van der Waals surface area contributed by atoms with Crippen LogP contribution in [0.25, 0.3) is 0 Å². The van der Waals surface area contributed by atoms with Gasteiger partial charge < -0.3 is 10.3 Å². The summed E-state index contributed by atoms with van der Waals surface area (Å²) in [6.45, 7) is 5.83. The molecule has 1 fully saturated rings. The summed E-state index contributed by atoms with van der Waals surface area (Å²) in [5.74, 6) is 1.45. The van der Waals surface area contributed by atoms with Crippen LogP contribution in [0.3, 0.4) is 0 Å². The van der Waals surface area contributed by atoms with Gasteiger partial charge in [0.05, 0.1) is 6.04 Å². The highest BCUT2D eigenvalue weighted by Gasteiger charge is 2.29. The smallest absolute Gasteiger partial charge is 0.223 e. The normalized spacial score (nSPS) is 23.1. The molecule has 0 aromatic carbocycles. The maximum Gasteiger partial charge on any atom is 0.223 e. The van der Waals surface area contributed by atoms with E-state index in [1.807, 2.05) is 13.8 Å². The van der Waals surface area contributed by atoms with E-state index in [4.69, 9.17) is 10.3 Å². The summed E-state index contributed by atoms with van der Waals surface area (Å²) in [6.07, 6.45) is 2.29. The largest absolute Gasteiger partial charge is 0.340 e. The molecule has 0 aliphatic carbocycles. The summed E-state index contributed by atoms with van der Waals surface area (Å²) in [4.78, 5) is 6.63. The van der Waals surface area contributed by atoms with Gasteiger partial charge >= 0.3 is 0 Å². The number of likely N-dealkylation sites (tertiary alicyclic amines) is 1. The first-order valence-corrected chi connectivity index (χ1v) is 5.46. The minimum atomic E-state index is 0. The molecule has 1 aliphatic heterocycles. The Morgan fingerprint density at radius 3 is 2.94 bits per heavy atom. The summed E-state index contributed by atoms with van der Waals surface area (Å²) in [7, 11) is 0. The lowest BCUT2D eigenvalue weighted by atomic mass is 10.2. The minimum Gasteiger partial charge on any atom is -0.340 e. The maximum atomic E-state index is 5.81. The zero-order chi connectivity index (χ0) is 10.8. The van der Waals surface area contributed by atoms with Crippen molar-refractivity contribution in [3.8, 4) is 0 Å². The quantitative estimate of drug-likeness (QED) is 0.870. The van der Waals surface area contributed by atoms with Crippen molar-refractivity contribution in [2.75, 3.05) is 13.1 Å². The number of nitrogens with zero attached hydrogens (tertiary/aromatic N) is 3. The molecule has 2 heterocycles. The predicted molar refractivity (Wildman–Crippen MR) is 63.5 cm³/mol. The first kappa shape index (κ1) is 13.4. The molecule has 1 aliphatic rings. The first-order chi connectivity index (χ1) is 7.16. The molecule has 0 saturated carbocycles. The van der Waals surface area contributed by atoms with Crippen LogP contribution in [0.1, 0.15) is 37.5 Å². The molecule has 2 unspecified atom stereocenters. The van der Waals surface area contributed by atoms with Crippen molar-refractivity contribution in [2.24, 2.45) is 5.73 Å². The molecular weight excluding hydrogens is 228 g/mol. The molecule has 0 spiro atoms. The zero-order valence-electron chi connectivity index (χ0n) is 9.72. The average Bonchev–Trinajstić information content (AvgIpc) is 2.72. The number of aromatic nitrogens is 2. The fraction of sp³-hybridized carbons (Fsp3) is 0.800. The molecule has 1 aromatic rings. The van der Waals surface area contributed by atoms with E-state index >= 15 is 0 Å². The van der Waals surface area contributed by atoms with Gasteiger partial charge in [0, 0.05) is 19.5 Å². The van der Waals surface area contributed by atoms with E-state index in [0.29, 0.717) is 11.9 Å². The zero-order valence-corrected chi connectivity index (χ0v) is 10.5. The summed E-state index contributed by atoms with van der Waals surface area (Å²) >= 11 is 0. The Hall–Kier alpha value is -0.650. The topological polar surface area (TPSA) is 68.2 Å². The van der Waals surface area contributed by atoms with Gasteiger partial charge in [-0.05, 0) is 26.3 Å². The molecule has 6 heteroatoms. The highest BCUT2D eigenvalue weighted by Crippen LogP contribution is 2.29. The van der Waals surface area contributed by atoms with Crippen molar-refractivity contribution in [1.82, 2.24) is 15.0 Å². The van der Waals surface area contributed by atoms with Crippen molar-refractivity contribution >= 4 is 12.4 Å². The third-order valence-corrected chi connectivity index (χ3v) is 2.73. The van der Waals surface area contributed by atoms with Crippen LogP contribution < -0.4 is 5.73 Å². The van der Waals surface area contributed by atoms with Crippen LogP contribution in [0.5, 0.6) is 0 Å². The molecular formula is C10H19ClN4O. The summed E-state index contributed by atoms with van der Waals surface area (Å²) in [6, 6.07) is 0.493. The molecule has 0 radical (unpaired) electrons. The lowest BCUT2D eigenvalue weighted by Gasteiger charge is -2.23. The molecule has 2 atom stereocenters. The van der Waals surface area contributed by atoms with E-state index in [2.05, 4.69) is 15.0 Å². The van der Waals surface area contributed by atoms with Crippen molar-refractivity contribution in [3.05, 3.63) is 11.7 Å². The maximum absolute atomic E-state index is 5.81. The van der Waals surface area contributed by atoms with E-state index in [9.17, 15) is 0 Å². The van der Waals surface area contributed by atoms with Crippen LogP contribution in [0.15, 0.2) is 4.52 Å². The Balaban J connectivity index is 0.00000128. The second kappa shape index (κ2) is 5.61. The van der Waals surface area contributed by atoms with Crippen LogP contribution in [0.4, 0.5) is 0 Å². The Labute approximate surface area is 102 Å². The molecule has 0 amide bonds. The Morgan fingerprint density at radius 2 is 2.38 bits per heavy atom. The third-order valence-electron chi connectivity index (χ3n) is 2.73. The van der Waals surface area contributed by atoms with E-state index in [1.165, 1.54) is 6.42 Å². The number of rotatable bonds is 3. The van der Waals surface area contributed by atoms with Crippen molar-refractivity contribution in [3.63, 3.8) is 0 Å². The molecule has 5 nitrogen and oxygen atoms in total. The van der Waals surface area contributed by atoms with E-state index in [-0.39, 0.29) is 18.4 Å². The van der Waals surface area contributed by atoms with Crippen molar-refractivity contribution in [1.29, 1.82) is 0 Å². The van der Waals surface area contributed by atoms with Crippen LogP contribution >= 0.6 is 12.4 Å². The van der Waals surface area contributed by atoms with Gasteiger partial charge in [-0.1, -0.05) is 5.16 Å². The highest BCUT2D eigenvalue weighted by atomic mass is 35.5. The van der Waals surface area contributed by atoms with Gasteiger partial charge in [-0.3, -0.25) is 4.90 Å². The molecule has 2 N–H and O–H groups in total. The average molecular weight is 247 g/mol. The molecule has 92 valence electrons. The van der Waals surface area contributed by atoms with Gasteiger partial charge in [0.1, 0.15) is 0 Å². The van der Waals surface area contributed by atoms with Gasteiger partial charge in [-0.15, -0.1) is 12.4 Å². The van der Waals surface area contributed by atoms with Crippen LogP contribution in [0, 0.1) is 6.92 Å². The van der Waals surface area contributed by atoms with Crippen LogP contribution in [-0.4, -0.2) is 34.2 Å². The van der Waals surface area contributed by atoms with Gasteiger partial charge in [0.2, 0.25) is 5.89 Å². The number of hydrogen-bond donors (Lipinski definition) is 1. The fourth-order valence-electron chi connectivity index (χ4n) is 2.16. The van der Waals surface area contributed by atoms with E-state index < -0.39 is 0 Å². The SMILES string of the molecule is Cc1nc(C2CCCN2CC(C)N)no1.Cl. The molecule has 0 bridgehead atoms. The van der Waals surface area contributed by atoms with Crippen LogP contribution in [-0.2, 0) is 0 Å². The fourth-order valence-corrected chi connectivity index (χ4v) is 2.16. The van der Waals surface area contributed by atoms with Gasteiger partial charge in [-0.25, -0.2) is 0 Å². The number of nitrogens with two attached hydrogens (primary N) is 1. The third kappa shape index (κ3) is 2.93.